The van der Waals surface area contributed by atoms with E-state index in [0.29, 0.717) is 5.69 Å². The lowest BCUT2D eigenvalue weighted by atomic mass is 10.1. The average molecular weight is 370 g/mol. The minimum Gasteiger partial charge on any atom is -0.399 e. The van der Waals surface area contributed by atoms with Crippen LogP contribution in [0.3, 0.4) is 0 Å². The smallest absolute Gasteiger partial charge is 0.108 e. The van der Waals surface area contributed by atoms with Gasteiger partial charge in [0.05, 0.1) is 29.6 Å². The van der Waals surface area contributed by atoms with Crippen molar-refractivity contribution in [1.82, 2.24) is 9.78 Å². The van der Waals surface area contributed by atoms with Gasteiger partial charge in [0.1, 0.15) is 12.8 Å². The number of hydrogen-bond acceptors (Lipinski definition) is 7. The minimum atomic E-state index is 0.695. The monoisotopic (exact) mass is 370 g/mol. The van der Waals surface area contributed by atoms with Crippen molar-refractivity contribution in [2.45, 2.75) is 11.8 Å². The van der Waals surface area contributed by atoms with E-state index in [1.54, 1.807) is 6.21 Å². The van der Waals surface area contributed by atoms with E-state index < -0.39 is 0 Å². The van der Waals surface area contributed by atoms with Crippen LogP contribution in [-0.4, -0.2) is 23.1 Å². The Morgan fingerprint density at radius 3 is 2.50 bits per heavy atom. The van der Waals surface area contributed by atoms with Gasteiger partial charge in [0, 0.05) is 10.5 Å². The molecule has 0 aliphatic rings. The molecule has 134 valence electrons. The fourth-order valence-corrected chi connectivity index (χ4v) is 2.76. The van der Waals surface area contributed by atoms with Crippen molar-refractivity contribution < 1.29 is 14.2 Å². The Balaban J connectivity index is 2.00. The molecule has 0 saturated carbocycles. The lowest BCUT2D eigenvalue weighted by Gasteiger charge is -2.08. The molecule has 0 spiro atoms. The molecule has 0 fully saturated rings. The zero-order valence-electron chi connectivity index (χ0n) is 14.3. The second kappa shape index (κ2) is 8.63. The molecule has 7 nitrogen and oxygen atoms in total. The van der Waals surface area contributed by atoms with Crippen LogP contribution in [0.5, 0.6) is 0 Å². The van der Waals surface area contributed by atoms with Gasteiger partial charge in [-0.05, 0) is 37.3 Å². The highest BCUT2D eigenvalue weighted by atomic mass is 32.2. The van der Waals surface area contributed by atoms with E-state index in [9.17, 15) is 0 Å². The SMILES string of the molecule is CO/N=C\c1cc(-c2ccc(C)cc2)n(-c2ccc(SOON)cc2)n1. The van der Waals surface area contributed by atoms with Crippen LogP contribution in [-0.2, 0) is 14.2 Å². The summed E-state index contributed by atoms with van der Waals surface area (Å²) in [6.07, 6.45) is 1.57. The third kappa shape index (κ3) is 4.30. The average Bonchev–Trinajstić information content (AvgIpc) is 3.10. The number of oxime groups is 1. The van der Waals surface area contributed by atoms with Gasteiger partial charge in [-0.15, -0.1) is 9.32 Å². The first-order valence-corrected chi connectivity index (χ1v) is 8.49. The first-order valence-electron chi connectivity index (χ1n) is 7.75. The van der Waals surface area contributed by atoms with Crippen molar-refractivity contribution in [2.24, 2.45) is 11.1 Å². The van der Waals surface area contributed by atoms with E-state index in [4.69, 9.17) is 10.7 Å². The third-order valence-electron chi connectivity index (χ3n) is 3.62. The summed E-state index contributed by atoms with van der Waals surface area (Å²) in [6.45, 7) is 2.06. The van der Waals surface area contributed by atoms with Crippen LogP contribution < -0.4 is 5.90 Å². The largest absolute Gasteiger partial charge is 0.399 e. The number of rotatable bonds is 7. The molecule has 0 bridgehead atoms. The molecule has 0 amide bonds. The second-order valence-corrected chi connectivity index (χ2v) is 6.17. The number of aromatic nitrogens is 2. The molecular formula is C18H18N4O3S. The van der Waals surface area contributed by atoms with Crippen molar-refractivity contribution in [2.75, 3.05) is 7.11 Å². The van der Waals surface area contributed by atoms with Crippen LogP contribution in [0.25, 0.3) is 16.9 Å². The molecule has 26 heavy (non-hydrogen) atoms. The fourth-order valence-electron chi connectivity index (χ4n) is 2.40. The number of hydrogen-bond donors (Lipinski definition) is 1. The summed E-state index contributed by atoms with van der Waals surface area (Å²) >= 11 is 1.03. The molecule has 0 saturated heterocycles. The molecule has 0 atom stereocenters. The standard InChI is InChI=1S/C18H18N4O3S/c1-13-3-5-14(6-4-13)18-11-15(12-20-23-2)21-22(18)16-7-9-17(10-8-16)26-25-24-19/h3-12H,19H2,1-2H3/b20-12-. The molecule has 0 unspecified atom stereocenters. The third-order valence-corrected chi connectivity index (χ3v) is 4.23. The molecule has 3 rings (SSSR count). The van der Waals surface area contributed by atoms with Crippen molar-refractivity contribution in [3.63, 3.8) is 0 Å². The zero-order chi connectivity index (χ0) is 18.4. The summed E-state index contributed by atoms with van der Waals surface area (Å²) in [5, 5.41) is 8.41. The Morgan fingerprint density at radius 1 is 1.12 bits per heavy atom. The van der Waals surface area contributed by atoms with Gasteiger partial charge in [-0.2, -0.15) is 11.0 Å². The molecular weight excluding hydrogens is 352 g/mol. The van der Waals surface area contributed by atoms with Crippen LogP contribution in [0.15, 0.2) is 64.6 Å². The Bertz CT molecular complexity index is 876. The van der Waals surface area contributed by atoms with Gasteiger partial charge in [-0.25, -0.2) is 4.68 Å². The first-order chi connectivity index (χ1) is 12.7. The van der Waals surface area contributed by atoms with Gasteiger partial charge in [0.15, 0.2) is 0 Å². The number of nitrogens with two attached hydrogens (primary N) is 1. The minimum absolute atomic E-state index is 0.695. The van der Waals surface area contributed by atoms with E-state index in [1.165, 1.54) is 12.7 Å². The summed E-state index contributed by atoms with van der Waals surface area (Å²) < 4.78 is 6.52. The summed E-state index contributed by atoms with van der Waals surface area (Å²) in [7, 11) is 1.50. The number of benzene rings is 2. The molecule has 0 aliphatic carbocycles. The molecule has 1 aromatic heterocycles. The van der Waals surface area contributed by atoms with E-state index >= 15 is 0 Å². The molecule has 1 heterocycles. The normalized spacial score (nSPS) is 11.2. The van der Waals surface area contributed by atoms with Crippen LogP contribution in [0, 0.1) is 6.92 Å². The molecule has 3 aromatic rings. The summed E-state index contributed by atoms with van der Waals surface area (Å²) in [5.74, 6) is 4.86. The summed E-state index contributed by atoms with van der Waals surface area (Å²) in [5.41, 5.74) is 4.80. The van der Waals surface area contributed by atoms with E-state index in [0.717, 1.165) is 33.9 Å². The van der Waals surface area contributed by atoms with Crippen molar-refractivity contribution in [3.8, 4) is 16.9 Å². The molecule has 2 N–H and O–H groups in total. The van der Waals surface area contributed by atoms with Gasteiger partial charge in [-0.1, -0.05) is 35.0 Å². The van der Waals surface area contributed by atoms with Crippen LogP contribution >= 0.6 is 12.0 Å². The molecule has 2 aromatic carbocycles. The van der Waals surface area contributed by atoms with Gasteiger partial charge in [0.25, 0.3) is 0 Å². The zero-order valence-corrected chi connectivity index (χ0v) is 15.1. The Labute approximate surface area is 155 Å². The summed E-state index contributed by atoms with van der Waals surface area (Å²) in [6, 6.07) is 17.9. The quantitative estimate of drug-likeness (QED) is 0.296. The van der Waals surface area contributed by atoms with Crippen LogP contribution in [0.4, 0.5) is 0 Å². The van der Waals surface area contributed by atoms with Gasteiger partial charge in [0.2, 0.25) is 0 Å². The van der Waals surface area contributed by atoms with E-state index in [-0.39, 0.29) is 0 Å². The Kier molecular flexibility index (Phi) is 6.03. The molecule has 0 aliphatic heterocycles. The van der Waals surface area contributed by atoms with Crippen LogP contribution in [0.1, 0.15) is 11.3 Å². The van der Waals surface area contributed by atoms with Gasteiger partial charge < -0.3 is 4.84 Å². The summed E-state index contributed by atoms with van der Waals surface area (Å²) in [4.78, 5) is 9.72. The lowest BCUT2D eigenvalue weighted by Crippen LogP contribution is -2.00. The van der Waals surface area contributed by atoms with Crippen molar-refractivity contribution in [3.05, 3.63) is 65.9 Å². The predicted molar refractivity (Wildman–Crippen MR) is 101 cm³/mol. The highest BCUT2D eigenvalue weighted by molar-refractivity contribution is 7.94. The van der Waals surface area contributed by atoms with Gasteiger partial charge >= 0.3 is 0 Å². The van der Waals surface area contributed by atoms with E-state index in [1.807, 2.05) is 35.0 Å². The maximum absolute atomic E-state index is 4.86. The Hall–Kier alpha value is -2.65. The number of aryl methyl sites for hydroxylation is 1. The number of nitrogens with zero attached hydrogens (tertiary/aromatic N) is 3. The Morgan fingerprint density at radius 2 is 1.85 bits per heavy atom. The fraction of sp³-hybridized carbons (Fsp3) is 0.111. The highest BCUT2D eigenvalue weighted by Crippen LogP contribution is 2.26. The predicted octanol–water partition coefficient (Wildman–Crippen LogP) is 3.66. The highest BCUT2D eigenvalue weighted by Gasteiger charge is 2.11. The van der Waals surface area contributed by atoms with Crippen LogP contribution in [0.2, 0.25) is 0 Å². The van der Waals surface area contributed by atoms with E-state index in [2.05, 4.69) is 50.8 Å². The topological polar surface area (TPSA) is 83.9 Å². The van der Waals surface area contributed by atoms with Gasteiger partial charge in [-0.3, -0.25) is 0 Å². The second-order valence-electron chi connectivity index (χ2n) is 5.39. The first kappa shape index (κ1) is 18.2. The maximum Gasteiger partial charge on any atom is 0.108 e. The maximum atomic E-state index is 4.86. The van der Waals surface area contributed by atoms with Crippen molar-refractivity contribution in [1.29, 1.82) is 0 Å². The molecule has 0 radical (unpaired) electrons. The van der Waals surface area contributed by atoms with Crippen molar-refractivity contribution >= 4 is 18.3 Å². The lowest BCUT2D eigenvalue weighted by molar-refractivity contribution is -0.195. The molecule has 8 heteroatoms.